The summed E-state index contributed by atoms with van der Waals surface area (Å²) in [4.78, 5) is 5.07. The van der Waals surface area contributed by atoms with Gasteiger partial charge in [-0.15, -0.1) is 0 Å². The lowest BCUT2D eigenvalue weighted by molar-refractivity contribution is -0.121. The number of nitrogens with zero attached hydrogens (tertiary/aromatic N) is 1. The Hall–Kier alpha value is -0.530. The van der Waals surface area contributed by atoms with Crippen molar-refractivity contribution in [3.05, 3.63) is 0 Å². The number of hydrogen-bond donors (Lipinski definition) is 0. The quantitative estimate of drug-likeness (QED) is 0.628. The molecule has 1 heterocycles. The second kappa shape index (κ2) is 2.89. The molecule has 2 heteroatoms. The molecule has 0 aromatic carbocycles. The lowest BCUT2D eigenvalue weighted by Gasteiger charge is -2.61. The fourth-order valence-electron chi connectivity index (χ4n) is 5.94. The zero-order valence-corrected chi connectivity index (χ0v) is 11.2. The van der Waals surface area contributed by atoms with Crippen LogP contribution in [0.25, 0.3) is 0 Å². The van der Waals surface area contributed by atoms with Gasteiger partial charge in [-0.25, -0.2) is 4.99 Å². The van der Waals surface area contributed by atoms with E-state index in [1.165, 1.54) is 32.1 Å². The van der Waals surface area contributed by atoms with Gasteiger partial charge in [-0.2, -0.15) is 0 Å². The molecule has 0 amide bonds. The van der Waals surface area contributed by atoms with Crippen molar-refractivity contribution in [2.24, 2.45) is 28.7 Å². The van der Waals surface area contributed by atoms with Crippen LogP contribution in [0.1, 0.15) is 52.9 Å². The van der Waals surface area contributed by atoms with Crippen LogP contribution < -0.4 is 0 Å². The first-order valence-corrected chi connectivity index (χ1v) is 7.27. The fourth-order valence-corrected chi connectivity index (χ4v) is 5.94. The summed E-state index contributed by atoms with van der Waals surface area (Å²) in [6.07, 6.45) is 7.16. The van der Waals surface area contributed by atoms with Crippen molar-refractivity contribution in [2.45, 2.75) is 64.0 Å². The minimum atomic E-state index is -0.0697. The van der Waals surface area contributed by atoms with Gasteiger partial charge in [-0.05, 0) is 69.6 Å². The largest absolute Gasteiger partial charge is 0.473 e. The zero-order valence-electron chi connectivity index (χ0n) is 11.2. The first-order chi connectivity index (χ1) is 8.01. The zero-order chi connectivity index (χ0) is 11.8. The van der Waals surface area contributed by atoms with Crippen LogP contribution in [0.4, 0.5) is 0 Å². The Morgan fingerprint density at radius 2 is 1.53 bits per heavy atom. The molecule has 0 saturated heterocycles. The molecule has 0 aromatic rings. The molecule has 0 atom stereocenters. The van der Waals surface area contributed by atoms with Gasteiger partial charge >= 0.3 is 0 Å². The highest BCUT2D eigenvalue weighted by Crippen LogP contribution is 2.64. The minimum Gasteiger partial charge on any atom is -0.473 e. The Bertz CT molecular complexity index is 368. The van der Waals surface area contributed by atoms with E-state index in [0.717, 1.165) is 29.6 Å². The Balaban J connectivity index is 1.83. The van der Waals surface area contributed by atoms with Gasteiger partial charge in [0.05, 0.1) is 0 Å². The first-order valence-electron chi connectivity index (χ1n) is 7.27. The standard InChI is InChI=1S/C15H23NO/c1-9-16-15(14(2,3)17-9)12-5-10-4-11(7-12)8-13(15)6-10/h10-13H,4-8H2,1-3H3. The molecule has 0 N–H and O–H groups in total. The summed E-state index contributed by atoms with van der Waals surface area (Å²) in [7, 11) is 0. The van der Waals surface area contributed by atoms with Gasteiger partial charge in [0.1, 0.15) is 11.1 Å². The van der Waals surface area contributed by atoms with Crippen LogP contribution in [0.3, 0.4) is 0 Å². The van der Waals surface area contributed by atoms with E-state index in [2.05, 4.69) is 13.8 Å². The van der Waals surface area contributed by atoms with Gasteiger partial charge in [-0.1, -0.05) is 0 Å². The Labute approximate surface area is 104 Å². The molecule has 0 radical (unpaired) electrons. The van der Waals surface area contributed by atoms with Crippen molar-refractivity contribution in [1.29, 1.82) is 0 Å². The predicted octanol–water partition coefficient (Wildman–Crippen LogP) is 3.41. The van der Waals surface area contributed by atoms with Crippen LogP contribution in [0.5, 0.6) is 0 Å². The van der Waals surface area contributed by atoms with E-state index < -0.39 is 0 Å². The van der Waals surface area contributed by atoms with Crippen LogP contribution >= 0.6 is 0 Å². The molecule has 4 aliphatic carbocycles. The summed E-state index contributed by atoms with van der Waals surface area (Å²) < 4.78 is 6.08. The summed E-state index contributed by atoms with van der Waals surface area (Å²) in [6.45, 7) is 6.59. The summed E-state index contributed by atoms with van der Waals surface area (Å²) in [5.74, 6) is 4.55. The van der Waals surface area contributed by atoms with Crippen LogP contribution in [0.2, 0.25) is 0 Å². The smallest absolute Gasteiger partial charge is 0.181 e. The summed E-state index contributed by atoms with van der Waals surface area (Å²) in [5, 5.41) is 0. The minimum absolute atomic E-state index is 0.0697. The van der Waals surface area contributed by atoms with Gasteiger partial charge < -0.3 is 4.74 Å². The summed E-state index contributed by atoms with van der Waals surface area (Å²) in [5.41, 5.74) is 0.0597. The second-order valence-electron chi connectivity index (χ2n) is 7.37. The van der Waals surface area contributed by atoms with E-state index >= 15 is 0 Å². The lowest BCUT2D eigenvalue weighted by atomic mass is 9.45. The SMILES string of the molecule is CC1=NC2(C3CC4CC(C3)CC2C4)C(C)(C)O1. The van der Waals surface area contributed by atoms with Gasteiger partial charge in [0.2, 0.25) is 0 Å². The average Bonchev–Trinajstić information content (AvgIpc) is 2.44. The van der Waals surface area contributed by atoms with Gasteiger partial charge in [0, 0.05) is 6.92 Å². The molecule has 0 unspecified atom stereocenters. The van der Waals surface area contributed by atoms with Crippen LogP contribution in [-0.2, 0) is 4.74 Å². The molecule has 5 aliphatic rings. The molecule has 17 heavy (non-hydrogen) atoms. The summed E-state index contributed by atoms with van der Waals surface area (Å²) in [6, 6.07) is 0. The van der Waals surface area contributed by atoms with Gasteiger partial charge in [0.25, 0.3) is 0 Å². The van der Waals surface area contributed by atoms with E-state index in [1.807, 2.05) is 6.92 Å². The highest BCUT2D eigenvalue weighted by Gasteiger charge is 2.66. The van der Waals surface area contributed by atoms with E-state index in [1.54, 1.807) is 0 Å². The van der Waals surface area contributed by atoms with Crippen LogP contribution in [0, 0.1) is 23.7 Å². The summed E-state index contributed by atoms with van der Waals surface area (Å²) >= 11 is 0. The molecule has 94 valence electrons. The number of hydrogen-bond acceptors (Lipinski definition) is 2. The Morgan fingerprint density at radius 3 is 1.94 bits per heavy atom. The molecular weight excluding hydrogens is 210 g/mol. The molecule has 2 nitrogen and oxygen atoms in total. The average molecular weight is 233 g/mol. The number of aliphatic imine (C=N–C) groups is 1. The first kappa shape index (κ1) is 10.4. The molecule has 1 aliphatic heterocycles. The molecular formula is C15H23NO. The maximum absolute atomic E-state index is 6.08. The Kier molecular flexibility index (Phi) is 1.77. The predicted molar refractivity (Wildman–Crippen MR) is 68.0 cm³/mol. The van der Waals surface area contributed by atoms with E-state index in [0.29, 0.717) is 0 Å². The second-order valence-corrected chi connectivity index (χ2v) is 7.37. The molecule has 4 fully saturated rings. The fraction of sp³-hybridized carbons (Fsp3) is 0.933. The van der Waals surface area contributed by atoms with Crippen molar-refractivity contribution in [2.75, 3.05) is 0 Å². The highest BCUT2D eigenvalue weighted by atomic mass is 16.5. The lowest BCUT2D eigenvalue weighted by Crippen LogP contribution is -2.64. The maximum atomic E-state index is 6.08. The number of rotatable bonds is 0. The third kappa shape index (κ3) is 1.10. The van der Waals surface area contributed by atoms with Crippen LogP contribution in [-0.4, -0.2) is 17.0 Å². The van der Waals surface area contributed by atoms with Crippen molar-refractivity contribution < 1.29 is 4.74 Å². The van der Waals surface area contributed by atoms with E-state index in [4.69, 9.17) is 9.73 Å². The molecule has 0 aromatic heterocycles. The number of ether oxygens (including phenoxy) is 1. The molecule has 4 bridgehead atoms. The highest BCUT2D eigenvalue weighted by molar-refractivity contribution is 5.77. The van der Waals surface area contributed by atoms with Gasteiger partial charge in [0.15, 0.2) is 5.90 Å². The Morgan fingerprint density at radius 1 is 1.00 bits per heavy atom. The monoisotopic (exact) mass is 233 g/mol. The van der Waals surface area contributed by atoms with E-state index in [-0.39, 0.29) is 11.1 Å². The van der Waals surface area contributed by atoms with Crippen LogP contribution in [0.15, 0.2) is 4.99 Å². The molecule has 1 spiro atoms. The third-order valence-corrected chi connectivity index (χ3v) is 6.09. The van der Waals surface area contributed by atoms with Crippen molar-refractivity contribution in [3.8, 4) is 0 Å². The third-order valence-electron chi connectivity index (χ3n) is 6.09. The van der Waals surface area contributed by atoms with Gasteiger partial charge in [-0.3, -0.25) is 0 Å². The van der Waals surface area contributed by atoms with Crippen molar-refractivity contribution >= 4 is 5.90 Å². The van der Waals surface area contributed by atoms with E-state index in [9.17, 15) is 0 Å². The topological polar surface area (TPSA) is 21.6 Å². The molecule has 4 saturated carbocycles. The molecule has 5 rings (SSSR count). The normalized spacial score (nSPS) is 53.9. The maximum Gasteiger partial charge on any atom is 0.181 e. The van der Waals surface area contributed by atoms with Crippen molar-refractivity contribution in [3.63, 3.8) is 0 Å². The van der Waals surface area contributed by atoms with Crippen molar-refractivity contribution in [1.82, 2.24) is 0 Å².